The van der Waals surface area contributed by atoms with E-state index in [0.717, 1.165) is 5.75 Å². The molecule has 0 aliphatic heterocycles. The Labute approximate surface area is 66.4 Å². The SMILES string of the molecule is [O]CCCOc1ccccc1. The third kappa shape index (κ3) is 3.05. The van der Waals surface area contributed by atoms with E-state index in [4.69, 9.17) is 4.74 Å². The Hall–Kier alpha value is -1.02. The molecular formula is C9H11O2. The van der Waals surface area contributed by atoms with Gasteiger partial charge in [-0.05, 0) is 12.1 Å². The summed E-state index contributed by atoms with van der Waals surface area (Å²) >= 11 is 0. The number of para-hydroxylation sites is 1. The monoisotopic (exact) mass is 151 g/mol. The fourth-order valence-electron chi connectivity index (χ4n) is 0.766. The first-order valence-electron chi connectivity index (χ1n) is 3.69. The lowest BCUT2D eigenvalue weighted by Crippen LogP contribution is -1.98. The molecule has 0 saturated carbocycles. The first-order chi connectivity index (χ1) is 5.43. The van der Waals surface area contributed by atoms with Crippen LogP contribution >= 0.6 is 0 Å². The van der Waals surface area contributed by atoms with E-state index in [2.05, 4.69) is 0 Å². The van der Waals surface area contributed by atoms with Gasteiger partial charge in [0.1, 0.15) is 5.75 Å². The van der Waals surface area contributed by atoms with Crippen LogP contribution in [0.1, 0.15) is 6.42 Å². The summed E-state index contributed by atoms with van der Waals surface area (Å²) in [6.45, 7) is 0.459. The summed E-state index contributed by atoms with van der Waals surface area (Å²) in [5.41, 5.74) is 0. The molecule has 11 heavy (non-hydrogen) atoms. The zero-order valence-corrected chi connectivity index (χ0v) is 6.32. The average molecular weight is 151 g/mol. The molecular weight excluding hydrogens is 140 g/mol. The molecule has 0 N–H and O–H groups in total. The zero-order chi connectivity index (χ0) is 7.94. The Morgan fingerprint density at radius 3 is 2.55 bits per heavy atom. The second-order valence-corrected chi connectivity index (χ2v) is 2.22. The van der Waals surface area contributed by atoms with Crippen LogP contribution in [-0.4, -0.2) is 13.2 Å². The number of rotatable bonds is 4. The van der Waals surface area contributed by atoms with E-state index in [9.17, 15) is 5.11 Å². The highest BCUT2D eigenvalue weighted by Crippen LogP contribution is 2.07. The van der Waals surface area contributed by atoms with Gasteiger partial charge in [0.15, 0.2) is 0 Å². The van der Waals surface area contributed by atoms with E-state index < -0.39 is 0 Å². The summed E-state index contributed by atoms with van der Waals surface area (Å²) in [5.74, 6) is 0.834. The first-order valence-corrected chi connectivity index (χ1v) is 3.69. The molecule has 1 aromatic rings. The van der Waals surface area contributed by atoms with Crippen LogP contribution in [0.25, 0.3) is 0 Å². The van der Waals surface area contributed by atoms with Gasteiger partial charge in [-0.2, -0.15) is 0 Å². The number of ether oxygens (including phenoxy) is 1. The topological polar surface area (TPSA) is 29.1 Å². The Balaban J connectivity index is 2.28. The maximum absolute atomic E-state index is 10.0. The molecule has 0 aliphatic rings. The Morgan fingerprint density at radius 1 is 1.18 bits per heavy atom. The van der Waals surface area contributed by atoms with Crippen molar-refractivity contribution in [3.63, 3.8) is 0 Å². The molecule has 1 aromatic carbocycles. The molecule has 2 nitrogen and oxygen atoms in total. The van der Waals surface area contributed by atoms with Crippen LogP contribution in [0.3, 0.4) is 0 Å². The lowest BCUT2D eigenvalue weighted by atomic mass is 10.3. The summed E-state index contributed by atoms with van der Waals surface area (Å²) in [4.78, 5) is 0. The van der Waals surface area contributed by atoms with Crippen molar-refractivity contribution in [3.05, 3.63) is 30.3 Å². The van der Waals surface area contributed by atoms with E-state index >= 15 is 0 Å². The van der Waals surface area contributed by atoms with Crippen molar-refractivity contribution < 1.29 is 9.84 Å². The molecule has 1 rings (SSSR count). The standard InChI is InChI=1S/C9H11O2/c10-7-4-8-11-9-5-2-1-3-6-9/h1-3,5-6H,4,7-8H2. The van der Waals surface area contributed by atoms with Crippen molar-refractivity contribution in [2.75, 3.05) is 13.2 Å². The van der Waals surface area contributed by atoms with Crippen LogP contribution in [0.4, 0.5) is 0 Å². The van der Waals surface area contributed by atoms with Crippen LogP contribution in [0.15, 0.2) is 30.3 Å². The summed E-state index contributed by atoms with van der Waals surface area (Å²) in [6.07, 6.45) is 0.578. The maximum atomic E-state index is 10.0. The Kier molecular flexibility index (Phi) is 3.48. The van der Waals surface area contributed by atoms with Gasteiger partial charge in [0.2, 0.25) is 0 Å². The van der Waals surface area contributed by atoms with Crippen molar-refractivity contribution in [2.45, 2.75) is 6.42 Å². The van der Waals surface area contributed by atoms with Gasteiger partial charge >= 0.3 is 0 Å². The molecule has 0 spiro atoms. The molecule has 0 saturated heterocycles. The maximum Gasteiger partial charge on any atom is 0.119 e. The van der Waals surface area contributed by atoms with Gasteiger partial charge in [0.25, 0.3) is 0 Å². The van der Waals surface area contributed by atoms with Gasteiger partial charge in [-0.1, -0.05) is 18.2 Å². The van der Waals surface area contributed by atoms with E-state index in [1.165, 1.54) is 0 Å². The summed E-state index contributed by atoms with van der Waals surface area (Å²) in [7, 11) is 0. The molecule has 0 aromatic heterocycles. The minimum Gasteiger partial charge on any atom is -0.494 e. The predicted molar refractivity (Wildman–Crippen MR) is 42.1 cm³/mol. The molecule has 0 atom stereocenters. The first kappa shape index (κ1) is 8.08. The minimum absolute atomic E-state index is 0.0627. The van der Waals surface area contributed by atoms with Gasteiger partial charge in [0, 0.05) is 6.42 Å². The van der Waals surface area contributed by atoms with Gasteiger partial charge in [-0.3, -0.25) is 0 Å². The lowest BCUT2D eigenvalue weighted by Gasteiger charge is -2.02. The molecule has 0 amide bonds. The minimum atomic E-state index is -0.0627. The van der Waals surface area contributed by atoms with Crippen molar-refractivity contribution in [3.8, 4) is 5.75 Å². The number of benzene rings is 1. The number of hydrogen-bond donors (Lipinski definition) is 0. The molecule has 59 valence electrons. The molecule has 0 bridgehead atoms. The van der Waals surface area contributed by atoms with Crippen molar-refractivity contribution in [2.24, 2.45) is 0 Å². The Bertz CT molecular complexity index is 184. The fraction of sp³-hybridized carbons (Fsp3) is 0.333. The average Bonchev–Trinajstić information content (AvgIpc) is 2.07. The molecule has 0 aliphatic carbocycles. The van der Waals surface area contributed by atoms with Crippen LogP contribution in [-0.2, 0) is 5.11 Å². The summed E-state index contributed by atoms with van der Waals surface area (Å²) < 4.78 is 5.25. The fourth-order valence-corrected chi connectivity index (χ4v) is 0.766. The van der Waals surface area contributed by atoms with Crippen LogP contribution < -0.4 is 4.74 Å². The van der Waals surface area contributed by atoms with Crippen molar-refractivity contribution in [1.82, 2.24) is 0 Å². The molecule has 2 heteroatoms. The highest BCUT2D eigenvalue weighted by Gasteiger charge is 1.89. The van der Waals surface area contributed by atoms with E-state index in [0.29, 0.717) is 13.0 Å². The zero-order valence-electron chi connectivity index (χ0n) is 6.32. The normalized spacial score (nSPS) is 9.55. The van der Waals surface area contributed by atoms with E-state index in [-0.39, 0.29) is 6.61 Å². The van der Waals surface area contributed by atoms with Crippen LogP contribution in [0.2, 0.25) is 0 Å². The summed E-state index contributed by atoms with van der Waals surface area (Å²) in [5, 5.41) is 10.0. The molecule has 0 heterocycles. The summed E-state index contributed by atoms with van der Waals surface area (Å²) in [6, 6.07) is 9.51. The molecule has 0 unspecified atom stereocenters. The van der Waals surface area contributed by atoms with Crippen LogP contribution in [0.5, 0.6) is 5.75 Å². The number of hydrogen-bond acceptors (Lipinski definition) is 1. The van der Waals surface area contributed by atoms with E-state index in [1.54, 1.807) is 0 Å². The largest absolute Gasteiger partial charge is 0.494 e. The Morgan fingerprint density at radius 2 is 1.91 bits per heavy atom. The van der Waals surface area contributed by atoms with Gasteiger partial charge in [-0.25, -0.2) is 5.11 Å². The van der Waals surface area contributed by atoms with Gasteiger partial charge in [-0.15, -0.1) is 0 Å². The van der Waals surface area contributed by atoms with Crippen molar-refractivity contribution in [1.29, 1.82) is 0 Å². The van der Waals surface area contributed by atoms with Gasteiger partial charge < -0.3 is 4.74 Å². The predicted octanol–water partition coefficient (Wildman–Crippen LogP) is 1.89. The smallest absolute Gasteiger partial charge is 0.119 e. The lowest BCUT2D eigenvalue weighted by molar-refractivity contribution is 0.165. The molecule has 0 fully saturated rings. The third-order valence-corrected chi connectivity index (χ3v) is 1.30. The highest BCUT2D eigenvalue weighted by atomic mass is 16.5. The van der Waals surface area contributed by atoms with Crippen LogP contribution in [0, 0.1) is 0 Å². The quantitative estimate of drug-likeness (QED) is 0.604. The second kappa shape index (κ2) is 4.74. The third-order valence-electron chi connectivity index (χ3n) is 1.30. The van der Waals surface area contributed by atoms with Gasteiger partial charge in [0.05, 0.1) is 13.2 Å². The second-order valence-electron chi connectivity index (χ2n) is 2.22. The van der Waals surface area contributed by atoms with Crippen molar-refractivity contribution >= 4 is 0 Å². The highest BCUT2D eigenvalue weighted by molar-refractivity contribution is 5.20. The molecule has 1 radical (unpaired) electrons. The van der Waals surface area contributed by atoms with E-state index in [1.807, 2.05) is 30.3 Å².